The SMILES string of the molecule is C[C@@H](NCC(=O)Nc1c(Cl)cccc1Cl)c1ccc(Cl)cc1. The van der Waals surface area contributed by atoms with Gasteiger partial charge in [0.05, 0.1) is 22.3 Å². The Kier molecular flexibility index (Phi) is 6.09. The van der Waals surface area contributed by atoms with E-state index in [-0.39, 0.29) is 18.5 Å². The van der Waals surface area contributed by atoms with Crippen LogP contribution in [0.2, 0.25) is 15.1 Å². The molecule has 2 rings (SSSR count). The summed E-state index contributed by atoms with van der Waals surface area (Å²) in [5.74, 6) is -0.212. The molecule has 0 saturated carbocycles. The zero-order valence-electron chi connectivity index (χ0n) is 11.9. The van der Waals surface area contributed by atoms with Gasteiger partial charge in [-0.2, -0.15) is 0 Å². The molecule has 6 heteroatoms. The lowest BCUT2D eigenvalue weighted by Gasteiger charge is -2.15. The van der Waals surface area contributed by atoms with Gasteiger partial charge in [0.15, 0.2) is 0 Å². The molecule has 2 aromatic rings. The fraction of sp³-hybridized carbons (Fsp3) is 0.188. The molecule has 0 aliphatic heterocycles. The van der Waals surface area contributed by atoms with E-state index in [4.69, 9.17) is 34.8 Å². The predicted octanol–water partition coefficient (Wildman–Crippen LogP) is 4.94. The molecule has 1 atom stereocenters. The summed E-state index contributed by atoms with van der Waals surface area (Å²) in [4.78, 5) is 12.0. The number of hydrogen-bond acceptors (Lipinski definition) is 2. The van der Waals surface area contributed by atoms with Gasteiger partial charge in [-0.3, -0.25) is 4.79 Å². The van der Waals surface area contributed by atoms with Crippen molar-refractivity contribution in [2.24, 2.45) is 0 Å². The lowest BCUT2D eigenvalue weighted by molar-refractivity contribution is -0.115. The molecule has 0 aliphatic carbocycles. The first-order chi connectivity index (χ1) is 10.5. The Hall–Kier alpha value is -1.26. The Morgan fingerprint density at radius 1 is 1.05 bits per heavy atom. The number of carbonyl (C=O) groups is 1. The average molecular weight is 358 g/mol. The Bertz CT molecular complexity index is 639. The van der Waals surface area contributed by atoms with Crippen LogP contribution in [0.25, 0.3) is 0 Å². The Morgan fingerprint density at radius 2 is 1.64 bits per heavy atom. The number of halogens is 3. The van der Waals surface area contributed by atoms with Gasteiger partial charge in [-0.05, 0) is 36.8 Å². The molecule has 0 heterocycles. The maximum absolute atomic E-state index is 12.0. The summed E-state index contributed by atoms with van der Waals surface area (Å²) in [6, 6.07) is 12.6. The van der Waals surface area contributed by atoms with Gasteiger partial charge >= 0.3 is 0 Å². The maximum Gasteiger partial charge on any atom is 0.238 e. The van der Waals surface area contributed by atoms with Crippen LogP contribution in [0.15, 0.2) is 42.5 Å². The predicted molar refractivity (Wildman–Crippen MR) is 93.0 cm³/mol. The zero-order valence-corrected chi connectivity index (χ0v) is 14.1. The molecular weight excluding hydrogens is 343 g/mol. The summed E-state index contributed by atoms with van der Waals surface area (Å²) in [5.41, 5.74) is 1.48. The standard InChI is InChI=1S/C16H15Cl3N2O/c1-10(11-5-7-12(17)8-6-11)20-9-15(22)21-16-13(18)3-2-4-14(16)19/h2-8,10,20H,9H2,1H3,(H,21,22)/t10-/m1/s1. The van der Waals surface area contributed by atoms with Crippen molar-refractivity contribution >= 4 is 46.4 Å². The van der Waals surface area contributed by atoms with Crippen molar-refractivity contribution in [1.29, 1.82) is 0 Å². The first-order valence-electron chi connectivity index (χ1n) is 6.70. The third kappa shape index (κ3) is 4.62. The van der Waals surface area contributed by atoms with Crippen LogP contribution in [0.4, 0.5) is 5.69 Å². The van der Waals surface area contributed by atoms with Crippen molar-refractivity contribution in [3.05, 3.63) is 63.1 Å². The van der Waals surface area contributed by atoms with Gasteiger partial charge in [0.1, 0.15) is 0 Å². The molecule has 22 heavy (non-hydrogen) atoms. The van der Waals surface area contributed by atoms with Crippen molar-refractivity contribution in [2.45, 2.75) is 13.0 Å². The number of nitrogens with one attached hydrogen (secondary N) is 2. The van der Waals surface area contributed by atoms with Crippen molar-refractivity contribution < 1.29 is 4.79 Å². The molecule has 0 bridgehead atoms. The highest BCUT2D eigenvalue weighted by Gasteiger charge is 2.11. The molecule has 0 aromatic heterocycles. The lowest BCUT2D eigenvalue weighted by Crippen LogP contribution is -2.30. The van der Waals surface area contributed by atoms with E-state index in [1.165, 1.54) is 0 Å². The summed E-state index contributed by atoms with van der Waals surface area (Å²) in [7, 11) is 0. The molecule has 0 unspecified atom stereocenters. The first-order valence-corrected chi connectivity index (χ1v) is 7.83. The minimum Gasteiger partial charge on any atom is -0.322 e. The minimum atomic E-state index is -0.212. The molecule has 0 fully saturated rings. The van der Waals surface area contributed by atoms with Gasteiger partial charge in [-0.25, -0.2) is 0 Å². The molecule has 2 N–H and O–H groups in total. The van der Waals surface area contributed by atoms with E-state index in [9.17, 15) is 4.79 Å². The van der Waals surface area contributed by atoms with Gasteiger partial charge in [-0.15, -0.1) is 0 Å². The fourth-order valence-electron chi connectivity index (χ4n) is 1.92. The van der Waals surface area contributed by atoms with Crippen LogP contribution in [0.3, 0.4) is 0 Å². The van der Waals surface area contributed by atoms with Crippen LogP contribution in [0.1, 0.15) is 18.5 Å². The Balaban J connectivity index is 1.91. The molecule has 0 spiro atoms. The highest BCUT2D eigenvalue weighted by molar-refractivity contribution is 6.39. The Morgan fingerprint density at radius 3 is 2.23 bits per heavy atom. The van der Waals surface area contributed by atoms with E-state index < -0.39 is 0 Å². The van der Waals surface area contributed by atoms with Crippen LogP contribution < -0.4 is 10.6 Å². The van der Waals surface area contributed by atoms with Crippen LogP contribution in [0, 0.1) is 0 Å². The molecule has 0 aliphatic rings. The van der Waals surface area contributed by atoms with Crippen molar-refractivity contribution in [3.8, 4) is 0 Å². The van der Waals surface area contributed by atoms with E-state index in [0.717, 1.165) is 5.56 Å². The highest BCUT2D eigenvalue weighted by Crippen LogP contribution is 2.29. The van der Waals surface area contributed by atoms with Gasteiger partial charge in [0, 0.05) is 11.1 Å². The highest BCUT2D eigenvalue weighted by atomic mass is 35.5. The Labute approximate surface area is 144 Å². The maximum atomic E-state index is 12.0. The average Bonchev–Trinajstić information content (AvgIpc) is 2.49. The molecule has 3 nitrogen and oxygen atoms in total. The molecule has 2 aromatic carbocycles. The van der Waals surface area contributed by atoms with E-state index in [0.29, 0.717) is 20.8 Å². The number of benzene rings is 2. The lowest BCUT2D eigenvalue weighted by atomic mass is 10.1. The van der Waals surface area contributed by atoms with E-state index in [1.807, 2.05) is 31.2 Å². The number of hydrogen-bond donors (Lipinski definition) is 2. The number of amides is 1. The third-order valence-corrected chi connectivity index (χ3v) is 4.05. The van der Waals surface area contributed by atoms with E-state index in [1.54, 1.807) is 18.2 Å². The second-order valence-corrected chi connectivity index (χ2v) is 6.05. The monoisotopic (exact) mass is 356 g/mol. The number of para-hydroxylation sites is 1. The summed E-state index contributed by atoms with van der Waals surface area (Å²) >= 11 is 17.9. The number of carbonyl (C=O) groups excluding carboxylic acids is 1. The molecule has 0 saturated heterocycles. The quantitative estimate of drug-likeness (QED) is 0.796. The van der Waals surface area contributed by atoms with Crippen LogP contribution in [0.5, 0.6) is 0 Å². The fourth-order valence-corrected chi connectivity index (χ4v) is 2.53. The largest absolute Gasteiger partial charge is 0.322 e. The second kappa shape index (κ2) is 7.84. The van der Waals surface area contributed by atoms with E-state index in [2.05, 4.69) is 10.6 Å². The molecular formula is C16H15Cl3N2O. The molecule has 1 amide bonds. The number of rotatable bonds is 5. The van der Waals surface area contributed by atoms with Crippen LogP contribution >= 0.6 is 34.8 Å². The smallest absolute Gasteiger partial charge is 0.238 e. The van der Waals surface area contributed by atoms with Gasteiger partial charge in [0.2, 0.25) is 5.91 Å². The third-order valence-electron chi connectivity index (χ3n) is 3.17. The van der Waals surface area contributed by atoms with Gasteiger partial charge in [-0.1, -0.05) is 53.0 Å². The summed E-state index contributed by atoms with van der Waals surface area (Å²) < 4.78 is 0. The van der Waals surface area contributed by atoms with Crippen LogP contribution in [-0.4, -0.2) is 12.5 Å². The van der Waals surface area contributed by atoms with Crippen molar-refractivity contribution in [2.75, 3.05) is 11.9 Å². The summed E-state index contributed by atoms with van der Waals surface area (Å²) in [6.45, 7) is 2.12. The van der Waals surface area contributed by atoms with E-state index >= 15 is 0 Å². The van der Waals surface area contributed by atoms with Crippen molar-refractivity contribution in [1.82, 2.24) is 5.32 Å². The summed E-state index contributed by atoms with van der Waals surface area (Å²) in [5, 5.41) is 7.34. The second-order valence-electron chi connectivity index (χ2n) is 4.80. The van der Waals surface area contributed by atoms with Crippen molar-refractivity contribution in [3.63, 3.8) is 0 Å². The molecule has 0 radical (unpaired) electrons. The summed E-state index contributed by atoms with van der Waals surface area (Å²) in [6.07, 6.45) is 0. The minimum absolute atomic E-state index is 0.0183. The van der Waals surface area contributed by atoms with Crippen LogP contribution in [-0.2, 0) is 4.79 Å². The normalized spacial score (nSPS) is 12.0. The first kappa shape index (κ1) is 17.1. The van der Waals surface area contributed by atoms with Gasteiger partial charge < -0.3 is 10.6 Å². The number of anilines is 1. The zero-order chi connectivity index (χ0) is 16.1. The van der Waals surface area contributed by atoms with Gasteiger partial charge in [0.25, 0.3) is 0 Å². The topological polar surface area (TPSA) is 41.1 Å². The molecule has 116 valence electrons.